The number of carbonyl (C=O) groups excluding carboxylic acids is 1. The number of hydrogen-bond donors (Lipinski definition) is 0. The molecular formula is C19H30N2OS. The van der Waals surface area contributed by atoms with Crippen LogP contribution in [-0.2, 0) is 10.2 Å². The first-order valence-corrected chi connectivity index (χ1v) is 9.43. The third kappa shape index (κ3) is 5.25. The summed E-state index contributed by atoms with van der Waals surface area (Å²) in [5.74, 6) is 0.802. The lowest BCUT2D eigenvalue weighted by molar-refractivity contribution is -0.130. The maximum atomic E-state index is 12.5. The molecule has 3 nitrogen and oxygen atoms in total. The molecule has 1 amide bonds. The van der Waals surface area contributed by atoms with Crippen molar-refractivity contribution in [3.05, 3.63) is 29.8 Å². The van der Waals surface area contributed by atoms with E-state index < -0.39 is 0 Å². The highest BCUT2D eigenvalue weighted by Crippen LogP contribution is 2.26. The van der Waals surface area contributed by atoms with Crippen LogP contribution in [0.3, 0.4) is 0 Å². The molecule has 0 aliphatic carbocycles. The lowest BCUT2D eigenvalue weighted by Crippen LogP contribution is -2.48. The van der Waals surface area contributed by atoms with E-state index in [4.69, 9.17) is 0 Å². The van der Waals surface area contributed by atoms with Crippen molar-refractivity contribution in [1.82, 2.24) is 9.80 Å². The fourth-order valence-electron chi connectivity index (χ4n) is 2.89. The van der Waals surface area contributed by atoms with E-state index in [1.807, 2.05) is 4.90 Å². The van der Waals surface area contributed by atoms with Gasteiger partial charge in [0.2, 0.25) is 5.91 Å². The maximum Gasteiger partial charge on any atom is 0.232 e. The molecule has 2 rings (SSSR count). The predicted octanol–water partition coefficient (Wildman–Crippen LogP) is 3.63. The summed E-state index contributed by atoms with van der Waals surface area (Å²) < 4.78 is 0. The van der Waals surface area contributed by atoms with Gasteiger partial charge in [-0.25, -0.2) is 0 Å². The van der Waals surface area contributed by atoms with E-state index in [9.17, 15) is 4.79 Å². The third-order valence-corrected chi connectivity index (χ3v) is 5.56. The summed E-state index contributed by atoms with van der Waals surface area (Å²) in [4.78, 5) is 17.9. The first kappa shape index (κ1) is 18.3. The zero-order valence-corrected chi connectivity index (χ0v) is 15.9. The third-order valence-electron chi connectivity index (χ3n) is 4.56. The minimum atomic E-state index is 0.175. The first-order chi connectivity index (χ1) is 10.8. The molecule has 0 N–H and O–H groups in total. The van der Waals surface area contributed by atoms with Gasteiger partial charge in [-0.1, -0.05) is 32.9 Å². The second kappa shape index (κ2) is 7.71. The Morgan fingerprint density at radius 3 is 2.48 bits per heavy atom. The van der Waals surface area contributed by atoms with Gasteiger partial charge >= 0.3 is 0 Å². The van der Waals surface area contributed by atoms with Gasteiger partial charge in [0.15, 0.2) is 0 Å². The molecule has 1 saturated heterocycles. The van der Waals surface area contributed by atoms with Gasteiger partial charge in [0.1, 0.15) is 0 Å². The molecule has 23 heavy (non-hydrogen) atoms. The average molecular weight is 335 g/mol. The summed E-state index contributed by atoms with van der Waals surface area (Å²) in [6.45, 7) is 8.44. The molecule has 1 atom stereocenters. The van der Waals surface area contributed by atoms with Gasteiger partial charge in [-0.3, -0.25) is 4.79 Å². The van der Waals surface area contributed by atoms with E-state index in [2.05, 4.69) is 64.0 Å². The summed E-state index contributed by atoms with van der Waals surface area (Å²) >= 11 is 1.65. The molecule has 1 fully saturated rings. The van der Waals surface area contributed by atoms with Crippen molar-refractivity contribution in [3.63, 3.8) is 0 Å². The van der Waals surface area contributed by atoms with E-state index in [-0.39, 0.29) is 11.3 Å². The molecule has 0 spiro atoms. The minimum absolute atomic E-state index is 0.175. The molecule has 0 bridgehead atoms. The molecule has 1 aromatic rings. The Labute approximate surface area is 145 Å². The van der Waals surface area contributed by atoms with E-state index in [1.165, 1.54) is 16.9 Å². The van der Waals surface area contributed by atoms with Crippen LogP contribution in [0, 0.1) is 0 Å². The molecule has 128 valence electrons. The van der Waals surface area contributed by atoms with Crippen LogP contribution in [0.2, 0.25) is 0 Å². The van der Waals surface area contributed by atoms with Crippen LogP contribution >= 0.6 is 11.8 Å². The Hall–Kier alpha value is -1.00. The van der Waals surface area contributed by atoms with Crippen molar-refractivity contribution in [2.24, 2.45) is 0 Å². The number of benzene rings is 1. The van der Waals surface area contributed by atoms with Crippen LogP contribution < -0.4 is 0 Å². The zero-order chi connectivity index (χ0) is 17.0. The summed E-state index contributed by atoms with van der Waals surface area (Å²) in [7, 11) is 4.20. The molecule has 1 unspecified atom stereocenters. The van der Waals surface area contributed by atoms with E-state index >= 15 is 0 Å². The van der Waals surface area contributed by atoms with Crippen molar-refractivity contribution in [2.45, 2.75) is 50.0 Å². The number of likely N-dealkylation sites (N-methyl/N-ethyl adjacent to an activating group) is 1. The number of piperidine rings is 1. The maximum absolute atomic E-state index is 12.5. The summed E-state index contributed by atoms with van der Waals surface area (Å²) in [6, 6.07) is 9.13. The molecule has 0 aromatic heterocycles. The molecule has 1 heterocycles. The van der Waals surface area contributed by atoms with Crippen LogP contribution in [0.25, 0.3) is 0 Å². The average Bonchev–Trinajstić information content (AvgIpc) is 2.52. The van der Waals surface area contributed by atoms with Crippen molar-refractivity contribution >= 4 is 17.7 Å². The highest BCUT2D eigenvalue weighted by Gasteiger charge is 2.24. The number of likely N-dealkylation sites (tertiary alicyclic amines) is 1. The zero-order valence-electron chi connectivity index (χ0n) is 15.1. The number of rotatable bonds is 4. The Kier molecular flexibility index (Phi) is 6.15. The topological polar surface area (TPSA) is 23.6 Å². The van der Waals surface area contributed by atoms with Crippen LogP contribution in [0.1, 0.15) is 39.2 Å². The van der Waals surface area contributed by atoms with Gasteiger partial charge < -0.3 is 9.80 Å². The van der Waals surface area contributed by atoms with Gasteiger partial charge in [0, 0.05) is 24.0 Å². The molecule has 1 aromatic carbocycles. The van der Waals surface area contributed by atoms with Gasteiger partial charge in [0.05, 0.1) is 5.75 Å². The number of hydrogen-bond acceptors (Lipinski definition) is 3. The largest absolute Gasteiger partial charge is 0.340 e. The van der Waals surface area contributed by atoms with E-state index in [0.717, 1.165) is 19.5 Å². The van der Waals surface area contributed by atoms with Crippen LogP contribution in [-0.4, -0.2) is 54.7 Å². The lowest BCUT2D eigenvalue weighted by atomic mass is 9.87. The van der Waals surface area contributed by atoms with Gasteiger partial charge in [-0.05, 0) is 50.0 Å². The normalized spacial score (nSPS) is 19.2. The Bertz CT molecular complexity index is 519. The van der Waals surface area contributed by atoms with Crippen molar-refractivity contribution < 1.29 is 4.79 Å². The minimum Gasteiger partial charge on any atom is -0.340 e. The molecule has 1 aliphatic rings. The van der Waals surface area contributed by atoms with Crippen LogP contribution in [0.15, 0.2) is 29.2 Å². The summed E-state index contributed by atoms with van der Waals surface area (Å²) in [6.07, 6.45) is 2.30. The van der Waals surface area contributed by atoms with E-state index in [1.54, 1.807) is 11.8 Å². The molecule has 4 heteroatoms. The highest BCUT2D eigenvalue weighted by atomic mass is 32.2. The SMILES string of the molecule is CN(C)C1CCCN(C(=O)CSc2ccc(C(C)(C)C)cc2)C1. The Morgan fingerprint density at radius 1 is 1.26 bits per heavy atom. The molecule has 1 aliphatic heterocycles. The fourth-order valence-corrected chi connectivity index (χ4v) is 3.69. The quantitative estimate of drug-likeness (QED) is 0.786. The van der Waals surface area contributed by atoms with E-state index in [0.29, 0.717) is 11.8 Å². The Morgan fingerprint density at radius 2 is 1.91 bits per heavy atom. The second-order valence-corrected chi connectivity index (χ2v) is 8.71. The number of thioether (sulfide) groups is 1. The molecule has 0 saturated carbocycles. The van der Waals surface area contributed by atoms with Gasteiger partial charge in [0.25, 0.3) is 0 Å². The summed E-state index contributed by atoms with van der Waals surface area (Å²) in [5.41, 5.74) is 1.51. The fraction of sp³-hybridized carbons (Fsp3) is 0.632. The standard InChI is InChI=1S/C19H30N2OS/c1-19(2,3)15-8-10-17(11-9-15)23-14-18(22)21-12-6-7-16(13-21)20(4)5/h8-11,16H,6-7,12-14H2,1-5H3. The van der Waals surface area contributed by atoms with Crippen molar-refractivity contribution in [2.75, 3.05) is 32.9 Å². The second-order valence-electron chi connectivity index (χ2n) is 7.66. The van der Waals surface area contributed by atoms with Crippen molar-refractivity contribution in [3.8, 4) is 0 Å². The monoisotopic (exact) mass is 334 g/mol. The smallest absolute Gasteiger partial charge is 0.232 e. The molecular weight excluding hydrogens is 304 g/mol. The number of nitrogens with zero attached hydrogens (tertiary/aromatic N) is 2. The van der Waals surface area contributed by atoms with Gasteiger partial charge in [-0.15, -0.1) is 11.8 Å². The number of carbonyl (C=O) groups is 1. The van der Waals surface area contributed by atoms with Crippen molar-refractivity contribution in [1.29, 1.82) is 0 Å². The Balaban J connectivity index is 1.86. The highest BCUT2D eigenvalue weighted by molar-refractivity contribution is 8.00. The lowest BCUT2D eigenvalue weighted by Gasteiger charge is -2.36. The first-order valence-electron chi connectivity index (χ1n) is 8.45. The van der Waals surface area contributed by atoms with Crippen LogP contribution in [0.5, 0.6) is 0 Å². The molecule has 0 radical (unpaired) electrons. The predicted molar refractivity (Wildman–Crippen MR) is 99.2 cm³/mol. The number of amides is 1. The summed E-state index contributed by atoms with van der Waals surface area (Å²) in [5, 5.41) is 0. The van der Waals surface area contributed by atoms with Crippen LogP contribution in [0.4, 0.5) is 0 Å². The van der Waals surface area contributed by atoms with Gasteiger partial charge in [-0.2, -0.15) is 0 Å².